The molecule has 1 aromatic carbocycles. The monoisotopic (exact) mass is 196 g/mol. The number of nitrogens with one attached hydrogen (secondary N) is 2. The van der Waals surface area contributed by atoms with Crippen LogP contribution in [0.25, 0.3) is 0 Å². The SMILES string of the molecule is NCCNNc1cccc([N+](=O)[O-])c1. The third-order valence-electron chi connectivity index (χ3n) is 1.56. The van der Waals surface area contributed by atoms with Crippen LogP contribution in [0.2, 0.25) is 0 Å². The molecular weight excluding hydrogens is 184 g/mol. The molecule has 14 heavy (non-hydrogen) atoms. The van der Waals surface area contributed by atoms with Crippen LogP contribution in [0.5, 0.6) is 0 Å². The third-order valence-corrected chi connectivity index (χ3v) is 1.56. The van der Waals surface area contributed by atoms with E-state index >= 15 is 0 Å². The molecule has 0 aliphatic heterocycles. The molecule has 0 spiro atoms. The Balaban J connectivity index is 2.59. The van der Waals surface area contributed by atoms with E-state index in [0.717, 1.165) is 0 Å². The lowest BCUT2D eigenvalue weighted by atomic mass is 10.3. The fourth-order valence-corrected chi connectivity index (χ4v) is 0.934. The lowest BCUT2D eigenvalue weighted by Gasteiger charge is -2.06. The first-order valence-corrected chi connectivity index (χ1v) is 4.17. The molecule has 0 bridgehead atoms. The fourth-order valence-electron chi connectivity index (χ4n) is 0.934. The van der Waals surface area contributed by atoms with Crippen molar-refractivity contribution >= 4 is 11.4 Å². The molecule has 0 unspecified atom stereocenters. The first kappa shape index (κ1) is 10.4. The van der Waals surface area contributed by atoms with Gasteiger partial charge in [0.1, 0.15) is 0 Å². The van der Waals surface area contributed by atoms with Gasteiger partial charge in [0, 0.05) is 25.2 Å². The molecule has 0 atom stereocenters. The molecule has 6 heteroatoms. The second kappa shape index (κ2) is 5.15. The number of nitro groups is 1. The number of nitrogens with zero attached hydrogens (tertiary/aromatic N) is 1. The highest BCUT2D eigenvalue weighted by atomic mass is 16.6. The van der Waals surface area contributed by atoms with Crippen LogP contribution in [0.4, 0.5) is 11.4 Å². The van der Waals surface area contributed by atoms with E-state index in [9.17, 15) is 10.1 Å². The Bertz CT molecular complexity index is 316. The van der Waals surface area contributed by atoms with Gasteiger partial charge in [0.05, 0.1) is 10.6 Å². The molecule has 1 aromatic rings. The predicted molar refractivity (Wildman–Crippen MR) is 53.8 cm³/mol. The van der Waals surface area contributed by atoms with Crippen molar-refractivity contribution in [2.45, 2.75) is 0 Å². The summed E-state index contributed by atoms with van der Waals surface area (Å²) in [6.07, 6.45) is 0. The van der Waals surface area contributed by atoms with E-state index in [-0.39, 0.29) is 5.69 Å². The molecular formula is C8H12N4O2. The second-order valence-corrected chi connectivity index (χ2v) is 2.65. The van der Waals surface area contributed by atoms with Crippen molar-refractivity contribution in [1.29, 1.82) is 0 Å². The minimum atomic E-state index is -0.436. The number of nitro benzene ring substituents is 1. The summed E-state index contributed by atoms with van der Waals surface area (Å²) in [6.45, 7) is 1.10. The van der Waals surface area contributed by atoms with Gasteiger partial charge in [-0.2, -0.15) is 0 Å². The van der Waals surface area contributed by atoms with Gasteiger partial charge >= 0.3 is 0 Å². The molecule has 0 heterocycles. The topological polar surface area (TPSA) is 93.2 Å². The van der Waals surface area contributed by atoms with Crippen LogP contribution in [0.1, 0.15) is 0 Å². The van der Waals surface area contributed by atoms with Crippen LogP contribution in [-0.2, 0) is 0 Å². The number of rotatable bonds is 5. The van der Waals surface area contributed by atoms with Crippen molar-refractivity contribution in [1.82, 2.24) is 5.43 Å². The van der Waals surface area contributed by atoms with Crippen LogP contribution in [0.3, 0.4) is 0 Å². The van der Waals surface area contributed by atoms with E-state index in [0.29, 0.717) is 18.8 Å². The second-order valence-electron chi connectivity index (χ2n) is 2.65. The first-order valence-electron chi connectivity index (χ1n) is 4.17. The average molecular weight is 196 g/mol. The number of hydrogen-bond acceptors (Lipinski definition) is 5. The standard InChI is InChI=1S/C8H12N4O2/c9-4-5-10-11-7-2-1-3-8(6-7)12(13)14/h1-3,6,10-11H,4-5,9H2. The quantitative estimate of drug-likeness (QED) is 0.361. The number of anilines is 1. The Morgan fingerprint density at radius 2 is 2.29 bits per heavy atom. The largest absolute Gasteiger partial charge is 0.329 e. The van der Waals surface area contributed by atoms with Crippen LogP contribution in [0, 0.1) is 10.1 Å². The van der Waals surface area contributed by atoms with Crippen LogP contribution in [-0.4, -0.2) is 18.0 Å². The van der Waals surface area contributed by atoms with Crippen molar-refractivity contribution < 1.29 is 4.92 Å². The number of hydrazine groups is 1. The van der Waals surface area contributed by atoms with E-state index in [1.54, 1.807) is 12.1 Å². The Morgan fingerprint density at radius 1 is 1.50 bits per heavy atom. The zero-order chi connectivity index (χ0) is 10.4. The molecule has 0 aliphatic rings. The molecule has 76 valence electrons. The first-order chi connectivity index (χ1) is 6.74. The fraction of sp³-hybridized carbons (Fsp3) is 0.250. The minimum absolute atomic E-state index is 0.0598. The molecule has 1 rings (SSSR count). The number of non-ortho nitro benzene ring substituents is 1. The minimum Gasteiger partial charge on any atom is -0.329 e. The van der Waals surface area contributed by atoms with E-state index in [2.05, 4.69) is 10.9 Å². The number of nitrogens with two attached hydrogens (primary N) is 1. The highest BCUT2D eigenvalue weighted by Crippen LogP contribution is 2.15. The van der Waals surface area contributed by atoms with Crippen molar-refractivity contribution in [3.8, 4) is 0 Å². The summed E-state index contributed by atoms with van der Waals surface area (Å²) in [4.78, 5) is 9.98. The van der Waals surface area contributed by atoms with Crippen molar-refractivity contribution in [3.05, 3.63) is 34.4 Å². The maximum atomic E-state index is 10.4. The molecule has 0 aliphatic carbocycles. The summed E-state index contributed by atoms with van der Waals surface area (Å²) >= 11 is 0. The zero-order valence-electron chi connectivity index (χ0n) is 7.56. The summed E-state index contributed by atoms with van der Waals surface area (Å²) in [5.41, 5.74) is 11.6. The van der Waals surface area contributed by atoms with Gasteiger partial charge in [0.15, 0.2) is 0 Å². The molecule has 0 saturated carbocycles. The molecule has 0 fully saturated rings. The molecule has 0 aromatic heterocycles. The number of hydrogen-bond donors (Lipinski definition) is 3. The van der Waals surface area contributed by atoms with Crippen LogP contribution >= 0.6 is 0 Å². The lowest BCUT2D eigenvalue weighted by Crippen LogP contribution is -2.27. The van der Waals surface area contributed by atoms with Crippen molar-refractivity contribution in [2.75, 3.05) is 18.5 Å². The Morgan fingerprint density at radius 3 is 2.93 bits per heavy atom. The van der Waals surface area contributed by atoms with Gasteiger partial charge in [-0.05, 0) is 6.07 Å². The number of benzene rings is 1. The highest BCUT2D eigenvalue weighted by Gasteiger charge is 2.04. The Hall–Kier alpha value is -1.66. The van der Waals surface area contributed by atoms with Crippen molar-refractivity contribution in [2.24, 2.45) is 5.73 Å². The third kappa shape index (κ3) is 3.00. The van der Waals surface area contributed by atoms with E-state index in [1.165, 1.54) is 12.1 Å². The maximum Gasteiger partial charge on any atom is 0.271 e. The van der Waals surface area contributed by atoms with Gasteiger partial charge in [0.2, 0.25) is 0 Å². The van der Waals surface area contributed by atoms with Crippen LogP contribution < -0.4 is 16.6 Å². The van der Waals surface area contributed by atoms with E-state index in [1.807, 2.05) is 0 Å². The highest BCUT2D eigenvalue weighted by molar-refractivity contribution is 5.50. The summed E-state index contributed by atoms with van der Waals surface area (Å²) in [6, 6.07) is 6.23. The van der Waals surface area contributed by atoms with Gasteiger partial charge in [-0.15, -0.1) is 0 Å². The molecule has 0 amide bonds. The normalized spacial score (nSPS) is 9.79. The zero-order valence-corrected chi connectivity index (χ0v) is 7.56. The van der Waals surface area contributed by atoms with Gasteiger partial charge in [-0.1, -0.05) is 6.07 Å². The summed E-state index contributed by atoms with van der Waals surface area (Å²) in [5, 5.41) is 10.4. The molecule has 0 radical (unpaired) electrons. The van der Waals surface area contributed by atoms with E-state index < -0.39 is 4.92 Å². The molecule has 0 saturated heterocycles. The molecule has 6 nitrogen and oxygen atoms in total. The average Bonchev–Trinajstić information content (AvgIpc) is 2.19. The molecule has 4 N–H and O–H groups in total. The van der Waals surface area contributed by atoms with Gasteiger partial charge in [0.25, 0.3) is 5.69 Å². The summed E-state index contributed by atoms with van der Waals surface area (Å²) < 4.78 is 0. The van der Waals surface area contributed by atoms with E-state index in [4.69, 9.17) is 5.73 Å². The summed E-state index contributed by atoms with van der Waals surface area (Å²) in [7, 11) is 0. The maximum absolute atomic E-state index is 10.4. The Kier molecular flexibility index (Phi) is 3.84. The summed E-state index contributed by atoms with van der Waals surface area (Å²) in [5.74, 6) is 0. The van der Waals surface area contributed by atoms with Gasteiger partial charge in [-0.25, -0.2) is 5.43 Å². The smallest absolute Gasteiger partial charge is 0.271 e. The van der Waals surface area contributed by atoms with Gasteiger partial charge < -0.3 is 11.2 Å². The lowest BCUT2D eigenvalue weighted by molar-refractivity contribution is -0.384. The van der Waals surface area contributed by atoms with Gasteiger partial charge in [-0.3, -0.25) is 10.1 Å². The van der Waals surface area contributed by atoms with Crippen molar-refractivity contribution in [3.63, 3.8) is 0 Å². The Labute approximate surface area is 81.2 Å². The van der Waals surface area contributed by atoms with Crippen LogP contribution in [0.15, 0.2) is 24.3 Å². The predicted octanol–water partition coefficient (Wildman–Crippen LogP) is 0.470.